The third-order valence-electron chi connectivity index (χ3n) is 3.96. The van der Waals surface area contributed by atoms with Crippen LogP contribution in [0, 0.1) is 0 Å². The fourth-order valence-corrected chi connectivity index (χ4v) is 3.00. The lowest BCUT2D eigenvalue weighted by Gasteiger charge is -2.07. The number of para-hydroxylation sites is 1. The molecule has 0 saturated carbocycles. The van der Waals surface area contributed by atoms with Crippen molar-refractivity contribution < 1.29 is 15.1 Å². The van der Waals surface area contributed by atoms with E-state index >= 15 is 0 Å². The van der Waals surface area contributed by atoms with Gasteiger partial charge in [0.2, 0.25) is 5.88 Å². The molecule has 108 valence electrons. The maximum Gasteiger partial charge on any atom is 0.220 e. The van der Waals surface area contributed by atoms with Crippen molar-refractivity contribution in [2.24, 2.45) is 5.16 Å². The number of hydrogen-bond donors (Lipinski definition) is 2. The van der Waals surface area contributed by atoms with Gasteiger partial charge in [0.15, 0.2) is 0 Å². The van der Waals surface area contributed by atoms with Crippen LogP contribution in [0.5, 0.6) is 11.6 Å². The van der Waals surface area contributed by atoms with Gasteiger partial charge < -0.3 is 15.1 Å². The molecule has 0 spiro atoms. The van der Waals surface area contributed by atoms with Crippen LogP contribution in [0.1, 0.15) is 11.1 Å². The quantitative estimate of drug-likeness (QED) is 0.417. The number of benzene rings is 2. The van der Waals surface area contributed by atoms with Crippen molar-refractivity contribution in [2.75, 3.05) is 7.11 Å². The lowest BCUT2D eigenvalue weighted by molar-refractivity contribution is 0.320. The molecule has 0 amide bonds. The van der Waals surface area contributed by atoms with Crippen LogP contribution < -0.4 is 4.74 Å². The van der Waals surface area contributed by atoms with Gasteiger partial charge in [0.1, 0.15) is 11.5 Å². The summed E-state index contributed by atoms with van der Waals surface area (Å²) in [6, 6.07) is 12.9. The van der Waals surface area contributed by atoms with Crippen molar-refractivity contribution in [1.82, 2.24) is 4.98 Å². The molecule has 4 rings (SSSR count). The summed E-state index contributed by atoms with van der Waals surface area (Å²) in [5.74, 6) is 0.586. The number of oxime groups is 1. The summed E-state index contributed by atoms with van der Waals surface area (Å²) in [7, 11) is 1.58. The molecule has 5 nitrogen and oxygen atoms in total. The molecule has 1 aliphatic carbocycles. The Morgan fingerprint density at radius 3 is 2.64 bits per heavy atom. The van der Waals surface area contributed by atoms with Crippen LogP contribution in [0.3, 0.4) is 0 Å². The van der Waals surface area contributed by atoms with Gasteiger partial charge in [0.25, 0.3) is 0 Å². The lowest BCUT2D eigenvalue weighted by atomic mass is 10.0. The molecule has 1 aliphatic rings. The number of nitrogens with zero attached hydrogens (tertiary/aromatic N) is 2. The van der Waals surface area contributed by atoms with E-state index in [1.807, 2.05) is 30.3 Å². The molecular formula is C17H12N2O3. The van der Waals surface area contributed by atoms with Gasteiger partial charge in [0, 0.05) is 16.5 Å². The average Bonchev–Trinajstić information content (AvgIpc) is 2.89. The molecule has 0 unspecified atom stereocenters. The Labute approximate surface area is 126 Å². The normalized spacial score (nSPS) is 14.1. The first-order valence-electron chi connectivity index (χ1n) is 6.77. The van der Waals surface area contributed by atoms with Crippen LogP contribution in [0.2, 0.25) is 0 Å². The monoisotopic (exact) mass is 292 g/mol. The second-order valence-electron chi connectivity index (χ2n) is 5.06. The molecule has 0 fully saturated rings. The zero-order valence-electron chi connectivity index (χ0n) is 11.7. The summed E-state index contributed by atoms with van der Waals surface area (Å²) >= 11 is 0. The zero-order chi connectivity index (χ0) is 15.3. The first kappa shape index (κ1) is 12.6. The Morgan fingerprint density at radius 2 is 1.86 bits per heavy atom. The number of methoxy groups -OCH3 is 1. The molecule has 5 heteroatoms. The van der Waals surface area contributed by atoms with Gasteiger partial charge in [-0.2, -0.15) is 0 Å². The highest BCUT2D eigenvalue weighted by atomic mass is 16.5. The van der Waals surface area contributed by atoms with Gasteiger partial charge in [-0.1, -0.05) is 23.4 Å². The molecule has 1 heterocycles. The van der Waals surface area contributed by atoms with Crippen LogP contribution in [-0.2, 0) is 0 Å². The standard InChI is InChI=1S/C17H12N2O3/c1-22-9-6-7-10-12(8-9)16(19-21)14-11-4-2-3-5-13(11)18-17(20)15(10)14/h2-8,21H,1H3,(H,18,20). The van der Waals surface area contributed by atoms with E-state index in [4.69, 9.17) is 4.74 Å². The molecule has 2 aromatic carbocycles. The summed E-state index contributed by atoms with van der Waals surface area (Å²) in [5, 5.41) is 24.1. The molecule has 0 radical (unpaired) electrons. The van der Waals surface area contributed by atoms with Crippen LogP contribution in [-0.4, -0.2) is 28.1 Å². The van der Waals surface area contributed by atoms with Crippen molar-refractivity contribution in [3.05, 3.63) is 53.6 Å². The average molecular weight is 292 g/mol. The second-order valence-corrected chi connectivity index (χ2v) is 5.06. The van der Waals surface area contributed by atoms with Gasteiger partial charge in [-0.15, -0.1) is 0 Å². The van der Waals surface area contributed by atoms with Gasteiger partial charge in [-0.05, 0) is 29.8 Å². The predicted octanol–water partition coefficient (Wildman–Crippen LogP) is 3.16. The van der Waals surface area contributed by atoms with Crippen LogP contribution in [0.4, 0.5) is 0 Å². The van der Waals surface area contributed by atoms with Crippen molar-refractivity contribution in [3.63, 3.8) is 0 Å². The molecule has 0 bridgehead atoms. The maximum absolute atomic E-state index is 10.3. The van der Waals surface area contributed by atoms with E-state index in [9.17, 15) is 10.3 Å². The molecule has 0 atom stereocenters. The van der Waals surface area contributed by atoms with E-state index in [1.54, 1.807) is 19.2 Å². The highest BCUT2D eigenvalue weighted by Gasteiger charge is 2.31. The van der Waals surface area contributed by atoms with Gasteiger partial charge >= 0.3 is 0 Å². The van der Waals surface area contributed by atoms with Crippen molar-refractivity contribution in [3.8, 4) is 22.8 Å². The second kappa shape index (κ2) is 4.46. The van der Waals surface area contributed by atoms with Crippen LogP contribution >= 0.6 is 0 Å². The first-order chi connectivity index (χ1) is 10.7. The minimum absolute atomic E-state index is 0.0706. The van der Waals surface area contributed by atoms with Gasteiger partial charge in [-0.25, -0.2) is 4.98 Å². The highest BCUT2D eigenvalue weighted by molar-refractivity contribution is 6.30. The molecule has 0 saturated heterocycles. The summed E-state index contributed by atoms with van der Waals surface area (Å²) in [6.45, 7) is 0. The van der Waals surface area contributed by atoms with Crippen molar-refractivity contribution >= 4 is 16.6 Å². The Kier molecular flexibility index (Phi) is 2.56. The Hall–Kier alpha value is -3.08. The molecule has 3 aromatic rings. The van der Waals surface area contributed by atoms with E-state index in [1.165, 1.54) is 0 Å². The summed E-state index contributed by atoms with van der Waals surface area (Å²) < 4.78 is 5.23. The number of pyridine rings is 1. The van der Waals surface area contributed by atoms with E-state index in [-0.39, 0.29) is 5.88 Å². The number of hydrogen-bond acceptors (Lipinski definition) is 5. The minimum Gasteiger partial charge on any atom is -0.497 e. The Balaban J connectivity index is 2.15. The number of rotatable bonds is 1. The smallest absolute Gasteiger partial charge is 0.220 e. The minimum atomic E-state index is -0.0706. The van der Waals surface area contributed by atoms with Crippen LogP contribution in [0.15, 0.2) is 47.6 Å². The van der Waals surface area contributed by atoms with E-state index in [0.29, 0.717) is 33.7 Å². The van der Waals surface area contributed by atoms with Gasteiger partial charge in [-0.3, -0.25) is 0 Å². The maximum atomic E-state index is 10.3. The number of fused-ring (bicyclic) bond motifs is 5. The van der Waals surface area contributed by atoms with E-state index in [2.05, 4.69) is 10.1 Å². The molecule has 0 aliphatic heterocycles. The van der Waals surface area contributed by atoms with Crippen molar-refractivity contribution in [2.45, 2.75) is 0 Å². The fraction of sp³-hybridized carbons (Fsp3) is 0.0588. The lowest BCUT2D eigenvalue weighted by Crippen LogP contribution is -2.00. The largest absolute Gasteiger partial charge is 0.497 e. The molecule has 22 heavy (non-hydrogen) atoms. The molecule has 2 N–H and O–H groups in total. The third-order valence-corrected chi connectivity index (χ3v) is 3.96. The summed E-state index contributed by atoms with van der Waals surface area (Å²) in [4.78, 5) is 4.25. The number of ether oxygens (including phenoxy) is 1. The molecular weight excluding hydrogens is 280 g/mol. The van der Waals surface area contributed by atoms with Crippen LogP contribution in [0.25, 0.3) is 22.0 Å². The number of aromatic nitrogens is 1. The van der Waals surface area contributed by atoms with Gasteiger partial charge in [0.05, 0.1) is 18.2 Å². The van der Waals surface area contributed by atoms with E-state index < -0.39 is 0 Å². The molecule has 1 aromatic heterocycles. The SMILES string of the molecule is COc1ccc2c(c1)C(=NO)c1c-2c(O)nc2ccccc12. The summed E-state index contributed by atoms with van der Waals surface area (Å²) in [6.07, 6.45) is 0. The number of aromatic hydroxyl groups is 1. The Morgan fingerprint density at radius 1 is 1.05 bits per heavy atom. The first-order valence-corrected chi connectivity index (χ1v) is 6.77. The Bertz CT molecular complexity index is 948. The fourth-order valence-electron chi connectivity index (χ4n) is 3.00. The van der Waals surface area contributed by atoms with E-state index in [0.717, 1.165) is 10.9 Å². The topological polar surface area (TPSA) is 74.9 Å². The predicted molar refractivity (Wildman–Crippen MR) is 82.8 cm³/mol. The summed E-state index contributed by atoms with van der Waals surface area (Å²) in [5.41, 5.74) is 3.83. The zero-order valence-corrected chi connectivity index (χ0v) is 11.7. The van der Waals surface area contributed by atoms with Crippen molar-refractivity contribution in [1.29, 1.82) is 0 Å². The third kappa shape index (κ3) is 1.53. The highest BCUT2D eigenvalue weighted by Crippen LogP contribution is 2.45.